The van der Waals surface area contributed by atoms with Crippen LogP contribution in [0.15, 0.2) is 24.3 Å². The number of phenolic OH excluding ortho intramolecular Hbond substituents is 1. The number of rotatable bonds is 0. The predicted molar refractivity (Wildman–Crippen MR) is 50.6 cm³/mol. The molecule has 0 aliphatic carbocycles. The van der Waals surface area contributed by atoms with Crippen molar-refractivity contribution in [2.24, 2.45) is 0 Å². The first-order chi connectivity index (χ1) is 4.79. The maximum atomic E-state index is 8.76. The van der Waals surface area contributed by atoms with Gasteiger partial charge in [-0.1, -0.05) is 31.5 Å². The fourth-order valence-electron chi connectivity index (χ4n) is 0.545. The first-order valence-electron chi connectivity index (χ1n) is 3.54. The van der Waals surface area contributed by atoms with E-state index < -0.39 is 0 Å². The van der Waals surface area contributed by atoms with E-state index >= 15 is 0 Å². The van der Waals surface area contributed by atoms with E-state index in [0.29, 0.717) is 5.75 Å². The molecule has 0 saturated heterocycles. The van der Waals surface area contributed by atoms with Gasteiger partial charge in [-0.2, -0.15) is 0 Å². The van der Waals surface area contributed by atoms with Crippen LogP contribution in [0.3, 0.4) is 0 Å². The van der Waals surface area contributed by atoms with Crippen LogP contribution in [-0.2, 0) is 32.7 Å². The molecule has 0 bridgehead atoms. The minimum Gasteiger partial charge on any atom is -0.508 e. The predicted octanol–water partition coefficient (Wildman–Crippen LogP) is 3.17. The summed E-state index contributed by atoms with van der Waals surface area (Å²) in [5.74, 6) is 0.329. The molecule has 0 aliphatic rings. The molecule has 12 heavy (non-hydrogen) atoms. The molecular formula is C10H17OY-. The van der Waals surface area contributed by atoms with Gasteiger partial charge in [-0.05, 0) is 19.1 Å². The molecule has 1 nitrogen and oxygen atoms in total. The van der Waals surface area contributed by atoms with Gasteiger partial charge in [-0.25, -0.2) is 0 Å². The molecule has 2 heteroatoms. The van der Waals surface area contributed by atoms with Crippen molar-refractivity contribution in [3.05, 3.63) is 37.3 Å². The van der Waals surface area contributed by atoms with Crippen molar-refractivity contribution in [1.29, 1.82) is 0 Å². The molecule has 0 fully saturated rings. The number of aromatic hydroxyl groups is 1. The van der Waals surface area contributed by atoms with E-state index in [1.54, 1.807) is 12.1 Å². The first kappa shape index (κ1) is 18.0. The minimum atomic E-state index is 0. The Bertz CT molecular complexity index is 149. The molecule has 0 heterocycles. The largest absolute Gasteiger partial charge is 0.508 e. The van der Waals surface area contributed by atoms with Crippen molar-refractivity contribution in [2.45, 2.75) is 20.8 Å². The maximum absolute atomic E-state index is 8.76. The maximum Gasteiger partial charge on any atom is 0.115 e. The van der Waals surface area contributed by atoms with E-state index in [0.717, 1.165) is 0 Å². The Hall–Kier alpha value is 0.124. The molecule has 0 spiro atoms. The molecule has 0 aliphatic heterocycles. The molecule has 0 saturated carbocycles. The molecule has 1 N–H and O–H groups in total. The van der Waals surface area contributed by atoms with Crippen LogP contribution in [0.25, 0.3) is 0 Å². The Morgan fingerprint density at radius 2 is 1.33 bits per heavy atom. The summed E-state index contributed by atoms with van der Waals surface area (Å²) in [5.41, 5.74) is 1.17. The van der Waals surface area contributed by atoms with Gasteiger partial charge in [0.1, 0.15) is 5.75 Å². The third kappa shape index (κ3) is 8.22. The third-order valence-corrected chi connectivity index (χ3v) is 1.03. The molecule has 1 radical (unpaired) electrons. The summed E-state index contributed by atoms with van der Waals surface area (Å²) in [6, 6.07) is 7.09. The fraction of sp³-hybridized carbons (Fsp3) is 0.300. The molecule has 0 aromatic heterocycles. The zero-order valence-corrected chi connectivity index (χ0v) is 11.2. The van der Waals surface area contributed by atoms with Crippen molar-refractivity contribution < 1.29 is 37.8 Å². The Morgan fingerprint density at radius 3 is 1.58 bits per heavy atom. The van der Waals surface area contributed by atoms with Crippen molar-refractivity contribution in [3.8, 4) is 5.75 Å². The van der Waals surface area contributed by atoms with Crippen molar-refractivity contribution >= 4 is 0 Å². The fourth-order valence-corrected chi connectivity index (χ4v) is 0.545. The summed E-state index contributed by atoms with van der Waals surface area (Å²) in [6.45, 7) is 5.99. The summed E-state index contributed by atoms with van der Waals surface area (Å²) in [7, 11) is 0. The summed E-state index contributed by atoms with van der Waals surface area (Å²) >= 11 is 0. The van der Waals surface area contributed by atoms with E-state index in [2.05, 4.69) is 0 Å². The van der Waals surface area contributed by atoms with Crippen LogP contribution in [0, 0.1) is 14.4 Å². The van der Waals surface area contributed by atoms with Gasteiger partial charge in [0.05, 0.1) is 0 Å². The first-order valence-corrected chi connectivity index (χ1v) is 3.54. The zero-order chi connectivity index (χ0) is 7.98. The van der Waals surface area contributed by atoms with Gasteiger partial charge in [0, 0.05) is 32.7 Å². The molecule has 0 amide bonds. The van der Waals surface area contributed by atoms with Gasteiger partial charge in [-0.3, -0.25) is 0 Å². The molecule has 1 aromatic rings. The van der Waals surface area contributed by atoms with Crippen LogP contribution >= 0.6 is 0 Å². The van der Waals surface area contributed by atoms with Gasteiger partial charge in [0.15, 0.2) is 0 Å². The van der Waals surface area contributed by atoms with E-state index in [4.69, 9.17) is 5.11 Å². The zero-order valence-electron chi connectivity index (χ0n) is 8.33. The van der Waals surface area contributed by atoms with Crippen LogP contribution in [0.2, 0.25) is 0 Å². The summed E-state index contributed by atoms with van der Waals surface area (Å²) in [6.07, 6.45) is 0. The summed E-state index contributed by atoms with van der Waals surface area (Å²) in [5, 5.41) is 8.76. The quantitative estimate of drug-likeness (QED) is 0.693. The Kier molecular flexibility index (Phi) is 16.7. The molecular weight excluding hydrogens is 225 g/mol. The van der Waals surface area contributed by atoms with E-state index in [9.17, 15) is 0 Å². The number of phenols is 1. The average molecular weight is 242 g/mol. The van der Waals surface area contributed by atoms with Crippen molar-refractivity contribution in [1.82, 2.24) is 0 Å². The Morgan fingerprint density at radius 1 is 1.00 bits per heavy atom. The molecule has 1 rings (SSSR count). The Labute approximate surface area is 101 Å². The normalized spacial score (nSPS) is 6.58. The van der Waals surface area contributed by atoms with Crippen LogP contribution < -0.4 is 0 Å². The number of aryl methyl sites for hydroxylation is 1. The summed E-state index contributed by atoms with van der Waals surface area (Å²) < 4.78 is 0. The van der Waals surface area contributed by atoms with Crippen LogP contribution in [0.5, 0.6) is 5.75 Å². The van der Waals surface area contributed by atoms with Crippen LogP contribution in [0.4, 0.5) is 0 Å². The van der Waals surface area contributed by atoms with Gasteiger partial charge < -0.3 is 12.5 Å². The number of benzene rings is 1. The third-order valence-electron chi connectivity index (χ3n) is 1.03. The van der Waals surface area contributed by atoms with E-state index in [1.165, 1.54) is 5.56 Å². The second-order valence-electron chi connectivity index (χ2n) is 1.84. The molecule has 1 aromatic carbocycles. The number of hydrogen-bond donors (Lipinski definition) is 1. The van der Waals surface area contributed by atoms with Gasteiger partial charge in [-0.15, -0.1) is 0 Å². The average Bonchev–Trinajstić information content (AvgIpc) is 2.00. The smallest absolute Gasteiger partial charge is 0.115 e. The standard InChI is InChI=1S/C7H8O.C2H6.CH3.Y/c1-6-2-4-7(8)5-3-6;1-2;;/h2-5,8H,1H3;1-2H3;1H3;/q;;-1;. The Balaban J connectivity index is -0.000000189. The second kappa shape index (κ2) is 11.1. The second-order valence-corrected chi connectivity index (χ2v) is 1.84. The van der Waals surface area contributed by atoms with Crippen molar-refractivity contribution in [2.75, 3.05) is 0 Å². The summed E-state index contributed by atoms with van der Waals surface area (Å²) in [4.78, 5) is 0. The van der Waals surface area contributed by atoms with Gasteiger partial charge >= 0.3 is 0 Å². The SMILES string of the molecule is CC.Cc1ccc(O)cc1.[CH3-].[Y]. The van der Waals surface area contributed by atoms with Gasteiger partial charge in [0.2, 0.25) is 0 Å². The van der Waals surface area contributed by atoms with Crippen LogP contribution in [-0.4, -0.2) is 5.11 Å². The monoisotopic (exact) mass is 242 g/mol. The molecule has 67 valence electrons. The number of hydrogen-bond acceptors (Lipinski definition) is 1. The topological polar surface area (TPSA) is 20.2 Å². The molecule has 0 unspecified atom stereocenters. The van der Waals surface area contributed by atoms with Crippen molar-refractivity contribution in [3.63, 3.8) is 0 Å². The van der Waals surface area contributed by atoms with E-state index in [-0.39, 0.29) is 40.1 Å². The minimum absolute atomic E-state index is 0. The van der Waals surface area contributed by atoms with E-state index in [1.807, 2.05) is 32.9 Å². The van der Waals surface area contributed by atoms with Gasteiger partial charge in [0.25, 0.3) is 0 Å². The molecule has 0 atom stereocenters. The van der Waals surface area contributed by atoms with Crippen LogP contribution in [0.1, 0.15) is 19.4 Å².